The molecule has 2 aromatic carbocycles. The topological polar surface area (TPSA) is 90.3 Å². The van der Waals surface area contributed by atoms with Crippen molar-refractivity contribution in [1.82, 2.24) is 14.5 Å². The normalized spacial score (nSPS) is 15.9. The number of nitrogens with one attached hydrogen (secondary N) is 1. The monoisotopic (exact) mass is 473 g/mol. The van der Waals surface area contributed by atoms with Gasteiger partial charge in [0, 0.05) is 21.8 Å². The van der Waals surface area contributed by atoms with Crippen LogP contribution in [0.15, 0.2) is 59.6 Å². The van der Waals surface area contributed by atoms with E-state index >= 15 is 0 Å². The van der Waals surface area contributed by atoms with Crippen LogP contribution in [-0.2, 0) is 32.5 Å². The highest BCUT2D eigenvalue weighted by atomic mass is 35.5. The number of rotatable bonds is 7. The van der Waals surface area contributed by atoms with E-state index in [0.29, 0.717) is 18.1 Å². The molecule has 0 amide bonds. The van der Waals surface area contributed by atoms with Gasteiger partial charge < -0.3 is 4.74 Å². The van der Waals surface area contributed by atoms with Gasteiger partial charge in [-0.2, -0.15) is 5.10 Å². The molecule has 4 rings (SSSR count). The van der Waals surface area contributed by atoms with Crippen LogP contribution in [0.25, 0.3) is 11.1 Å². The number of fused-ring (bicyclic) bond motifs is 1. The van der Waals surface area contributed by atoms with Crippen molar-refractivity contribution in [2.24, 2.45) is 0 Å². The maximum Gasteiger partial charge on any atom is 0.327 e. The number of benzene rings is 2. The summed E-state index contributed by atoms with van der Waals surface area (Å²) in [6.07, 6.45) is 3.81. The number of sulfonamides is 1. The minimum Gasteiger partial charge on any atom is -0.465 e. The van der Waals surface area contributed by atoms with Gasteiger partial charge >= 0.3 is 5.97 Å². The fraction of sp³-hybridized carbons (Fsp3) is 0.304. The zero-order valence-corrected chi connectivity index (χ0v) is 19.2. The second-order valence-corrected chi connectivity index (χ2v) is 9.70. The number of nitrogens with zero attached hydrogens (tertiary/aromatic N) is 2. The molecule has 0 spiro atoms. The molecule has 1 atom stereocenters. The predicted octanol–water partition coefficient (Wildman–Crippen LogP) is 4.12. The van der Waals surface area contributed by atoms with E-state index in [4.69, 9.17) is 16.3 Å². The molecule has 9 heteroatoms. The second kappa shape index (κ2) is 9.44. The highest BCUT2D eigenvalue weighted by molar-refractivity contribution is 7.89. The van der Waals surface area contributed by atoms with Gasteiger partial charge in [0.2, 0.25) is 10.0 Å². The highest BCUT2D eigenvalue weighted by Crippen LogP contribution is 2.32. The van der Waals surface area contributed by atoms with Crippen molar-refractivity contribution in [3.05, 3.63) is 71.0 Å². The summed E-state index contributed by atoms with van der Waals surface area (Å²) in [5.41, 5.74) is 3.16. The van der Waals surface area contributed by atoms with Crippen LogP contribution in [0.5, 0.6) is 0 Å². The van der Waals surface area contributed by atoms with Gasteiger partial charge in [-0.15, -0.1) is 0 Å². The Labute approximate surface area is 192 Å². The molecule has 0 radical (unpaired) electrons. The number of ether oxygens (including phenoxy) is 1. The quantitative estimate of drug-likeness (QED) is 0.521. The number of carbonyl (C=O) groups excluding carboxylic acids is 1. The first kappa shape index (κ1) is 22.5. The van der Waals surface area contributed by atoms with Crippen molar-refractivity contribution in [2.75, 3.05) is 6.61 Å². The van der Waals surface area contributed by atoms with Crippen LogP contribution in [0, 0.1) is 0 Å². The van der Waals surface area contributed by atoms with Crippen LogP contribution >= 0.6 is 11.6 Å². The average molecular weight is 474 g/mol. The molecule has 7 nitrogen and oxygen atoms in total. The summed E-state index contributed by atoms with van der Waals surface area (Å²) in [4.78, 5) is 12.0. The van der Waals surface area contributed by atoms with E-state index in [1.165, 1.54) is 0 Å². The lowest BCUT2D eigenvalue weighted by atomic mass is 9.94. The van der Waals surface area contributed by atoms with Crippen molar-refractivity contribution in [2.45, 2.75) is 43.7 Å². The van der Waals surface area contributed by atoms with Gasteiger partial charge in [0.15, 0.2) is 0 Å². The smallest absolute Gasteiger partial charge is 0.327 e. The van der Waals surface area contributed by atoms with Gasteiger partial charge in [0.25, 0.3) is 0 Å². The number of carbonyl (C=O) groups is 1. The van der Waals surface area contributed by atoms with E-state index in [0.717, 1.165) is 35.2 Å². The molecule has 0 aliphatic heterocycles. The number of hydrogen-bond donors (Lipinski definition) is 1. The van der Waals surface area contributed by atoms with Gasteiger partial charge in [-0.05, 0) is 49.9 Å². The van der Waals surface area contributed by atoms with Gasteiger partial charge in [0.1, 0.15) is 6.54 Å². The Morgan fingerprint density at radius 2 is 2.06 bits per heavy atom. The SMILES string of the molecule is CCOC(=O)Cn1ncc2c1CCCC2NS(=O)(=O)c1cccc(-c2ccccc2Cl)c1. The third-order valence-electron chi connectivity index (χ3n) is 5.47. The molecule has 0 bridgehead atoms. The summed E-state index contributed by atoms with van der Waals surface area (Å²) >= 11 is 6.29. The largest absolute Gasteiger partial charge is 0.465 e. The lowest BCUT2D eigenvalue weighted by molar-refractivity contribution is -0.144. The van der Waals surface area contributed by atoms with E-state index in [-0.39, 0.29) is 17.4 Å². The molecule has 32 heavy (non-hydrogen) atoms. The first-order valence-electron chi connectivity index (χ1n) is 10.5. The molecule has 0 saturated heterocycles. The zero-order chi connectivity index (χ0) is 22.7. The summed E-state index contributed by atoms with van der Waals surface area (Å²) in [5.74, 6) is -0.363. The summed E-state index contributed by atoms with van der Waals surface area (Å²) in [7, 11) is -3.79. The maximum atomic E-state index is 13.2. The molecule has 1 unspecified atom stereocenters. The number of esters is 1. The first-order valence-corrected chi connectivity index (χ1v) is 12.3. The standard InChI is InChI=1S/C23H24ClN3O4S/c1-2-31-23(28)15-27-22-12-6-11-21(19(22)14-25-27)26-32(29,30)17-8-5-7-16(13-17)18-9-3-4-10-20(18)24/h3-5,7-10,13-14,21,26H,2,6,11-12,15H2,1H3. The Morgan fingerprint density at radius 3 is 2.84 bits per heavy atom. The van der Waals surface area contributed by atoms with E-state index in [2.05, 4.69) is 9.82 Å². The van der Waals surface area contributed by atoms with Crippen LogP contribution in [0.1, 0.15) is 37.1 Å². The Balaban J connectivity index is 1.58. The summed E-state index contributed by atoms with van der Waals surface area (Å²) in [5, 5.41) is 4.86. The van der Waals surface area contributed by atoms with Crippen molar-refractivity contribution < 1.29 is 17.9 Å². The van der Waals surface area contributed by atoms with Crippen molar-refractivity contribution >= 4 is 27.6 Å². The Hall–Kier alpha value is -2.68. The van der Waals surface area contributed by atoms with Crippen molar-refractivity contribution in [3.63, 3.8) is 0 Å². The minimum absolute atomic E-state index is 0.0164. The van der Waals surface area contributed by atoms with Crippen LogP contribution in [-0.4, -0.2) is 30.8 Å². The molecule has 0 saturated carbocycles. The Morgan fingerprint density at radius 1 is 1.25 bits per heavy atom. The Kier molecular flexibility index (Phi) is 6.64. The number of halogens is 1. The first-order chi connectivity index (χ1) is 15.4. The van der Waals surface area contributed by atoms with E-state index < -0.39 is 16.1 Å². The number of hydrogen-bond acceptors (Lipinski definition) is 5. The highest BCUT2D eigenvalue weighted by Gasteiger charge is 2.29. The lowest BCUT2D eigenvalue weighted by Crippen LogP contribution is -2.31. The maximum absolute atomic E-state index is 13.2. The van der Waals surface area contributed by atoms with Gasteiger partial charge in [-0.25, -0.2) is 13.1 Å². The number of aromatic nitrogens is 2. The second-order valence-electron chi connectivity index (χ2n) is 7.58. The van der Waals surface area contributed by atoms with Crippen LogP contribution in [0.3, 0.4) is 0 Å². The molecular weight excluding hydrogens is 450 g/mol. The minimum atomic E-state index is -3.79. The van der Waals surface area contributed by atoms with E-state index in [1.807, 2.05) is 24.3 Å². The summed E-state index contributed by atoms with van der Waals surface area (Å²) in [6.45, 7) is 2.07. The molecule has 3 aromatic rings. The molecule has 1 heterocycles. The molecule has 1 aliphatic carbocycles. The lowest BCUT2D eigenvalue weighted by Gasteiger charge is -2.24. The molecule has 168 valence electrons. The molecule has 1 aromatic heterocycles. The van der Waals surface area contributed by atoms with Gasteiger partial charge in [-0.1, -0.05) is 41.9 Å². The third kappa shape index (κ3) is 4.72. The van der Waals surface area contributed by atoms with Crippen LogP contribution in [0.4, 0.5) is 0 Å². The molecular formula is C23H24ClN3O4S. The fourth-order valence-electron chi connectivity index (χ4n) is 3.99. The summed E-state index contributed by atoms with van der Waals surface area (Å²) < 4.78 is 35.8. The van der Waals surface area contributed by atoms with Crippen LogP contribution in [0.2, 0.25) is 5.02 Å². The fourth-order valence-corrected chi connectivity index (χ4v) is 5.53. The van der Waals surface area contributed by atoms with Crippen molar-refractivity contribution in [3.8, 4) is 11.1 Å². The zero-order valence-electron chi connectivity index (χ0n) is 17.6. The summed E-state index contributed by atoms with van der Waals surface area (Å²) in [6, 6.07) is 13.6. The van der Waals surface area contributed by atoms with Crippen LogP contribution < -0.4 is 4.72 Å². The third-order valence-corrected chi connectivity index (χ3v) is 7.27. The van der Waals surface area contributed by atoms with E-state index in [9.17, 15) is 13.2 Å². The van der Waals surface area contributed by atoms with Crippen molar-refractivity contribution in [1.29, 1.82) is 0 Å². The Bertz CT molecular complexity index is 1240. The average Bonchev–Trinajstić information content (AvgIpc) is 3.18. The molecule has 1 aliphatic rings. The van der Waals surface area contributed by atoms with Gasteiger partial charge in [-0.3, -0.25) is 9.48 Å². The molecule has 1 N–H and O–H groups in total. The molecule has 0 fully saturated rings. The van der Waals surface area contributed by atoms with Gasteiger partial charge in [0.05, 0.1) is 23.7 Å². The predicted molar refractivity (Wildman–Crippen MR) is 122 cm³/mol. The van der Waals surface area contributed by atoms with E-state index in [1.54, 1.807) is 42.1 Å².